The van der Waals surface area contributed by atoms with Gasteiger partial charge >= 0.3 is 0 Å². The topological polar surface area (TPSA) is 29.0 Å². The Balaban J connectivity index is 2.03. The molecule has 100 valence electrons. The Hall–Kier alpha value is -0.670. The molecular formula is C14H22ClN3. The Labute approximate surface area is 115 Å². The molecule has 2 rings (SSSR count). The summed E-state index contributed by atoms with van der Waals surface area (Å²) in [6.07, 6.45) is 3.81. The molecule has 0 amide bonds. The molecule has 1 aliphatic rings. The standard InChI is InChI=1S/C14H22ClN3/c1-4-14(5-2)6-7-18(10-14)9-13-16-11(3)8-12(15)17-13/h8H,4-7,9-10H2,1-3H3. The third-order valence-electron chi connectivity index (χ3n) is 4.25. The minimum absolute atomic E-state index is 0.508. The number of hydrogen-bond donors (Lipinski definition) is 0. The lowest BCUT2D eigenvalue weighted by Crippen LogP contribution is -2.26. The normalized spacial score (nSPS) is 19.3. The smallest absolute Gasteiger partial charge is 0.144 e. The van der Waals surface area contributed by atoms with E-state index in [9.17, 15) is 0 Å². The molecule has 0 N–H and O–H groups in total. The molecule has 1 fully saturated rings. The summed E-state index contributed by atoms with van der Waals surface area (Å²) in [5, 5.41) is 0.550. The van der Waals surface area contributed by atoms with Crippen LogP contribution < -0.4 is 0 Å². The van der Waals surface area contributed by atoms with Crippen molar-refractivity contribution < 1.29 is 0 Å². The van der Waals surface area contributed by atoms with Gasteiger partial charge in [-0.15, -0.1) is 0 Å². The van der Waals surface area contributed by atoms with Crippen LogP contribution in [0.15, 0.2) is 6.07 Å². The van der Waals surface area contributed by atoms with E-state index in [2.05, 4.69) is 28.7 Å². The summed E-state index contributed by atoms with van der Waals surface area (Å²) in [5.74, 6) is 0.850. The number of rotatable bonds is 4. The zero-order valence-electron chi connectivity index (χ0n) is 11.5. The van der Waals surface area contributed by atoms with Crippen LogP contribution in [0.5, 0.6) is 0 Å². The van der Waals surface area contributed by atoms with Crippen LogP contribution in [-0.2, 0) is 6.54 Å². The Morgan fingerprint density at radius 3 is 2.61 bits per heavy atom. The number of aromatic nitrogens is 2. The molecule has 0 aromatic carbocycles. The molecule has 1 aromatic rings. The van der Waals surface area contributed by atoms with Gasteiger partial charge in [-0.05, 0) is 44.2 Å². The second-order valence-electron chi connectivity index (χ2n) is 5.42. The fraction of sp³-hybridized carbons (Fsp3) is 0.714. The molecule has 0 atom stereocenters. The van der Waals surface area contributed by atoms with Gasteiger partial charge in [0.15, 0.2) is 0 Å². The zero-order valence-corrected chi connectivity index (χ0v) is 12.3. The van der Waals surface area contributed by atoms with Crippen LogP contribution in [0.2, 0.25) is 5.15 Å². The van der Waals surface area contributed by atoms with Gasteiger partial charge in [0.05, 0.1) is 6.54 Å². The summed E-state index contributed by atoms with van der Waals surface area (Å²) in [6.45, 7) is 9.69. The van der Waals surface area contributed by atoms with Crippen molar-refractivity contribution in [2.24, 2.45) is 5.41 Å². The van der Waals surface area contributed by atoms with E-state index in [0.29, 0.717) is 10.6 Å². The van der Waals surface area contributed by atoms with E-state index in [1.54, 1.807) is 6.07 Å². The average Bonchev–Trinajstić information content (AvgIpc) is 2.72. The first kappa shape index (κ1) is 13.8. The molecule has 3 nitrogen and oxygen atoms in total. The summed E-state index contributed by atoms with van der Waals surface area (Å²) in [5.41, 5.74) is 1.45. The lowest BCUT2D eigenvalue weighted by Gasteiger charge is -2.26. The maximum Gasteiger partial charge on any atom is 0.144 e. The third kappa shape index (κ3) is 3.01. The first-order valence-electron chi connectivity index (χ1n) is 6.79. The van der Waals surface area contributed by atoms with Crippen LogP contribution in [0.4, 0.5) is 0 Å². The summed E-state index contributed by atoms with van der Waals surface area (Å²) in [6, 6.07) is 1.80. The van der Waals surface area contributed by atoms with Gasteiger partial charge in [0.25, 0.3) is 0 Å². The fourth-order valence-electron chi connectivity index (χ4n) is 2.85. The van der Waals surface area contributed by atoms with E-state index < -0.39 is 0 Å². The molecule has 0 saturated carbocycles. The van der Waals surface area contributed by atoms with E-state index in [4.69, 9.17) is 11.6 Å². The number of hydrogen-bond acceptors (Lipinski definition) is 3. The van der Waals surface area contributed by atoms with E-state index in [0.717, 1.165) is 31.2 Å². The van der Waals surface area contributed by atoms with Gasteiger partial charge in [-0.25, -0.2) is 9.97 Å². The molecule has 2 heterocycles. The van der Waals surface area contributed by atoms with E-state index in [1.807, 2.05) is 6.92 Å². The maximum atomic E-state index is 5.98. The predicted molar refractivity (Wildman–Crippen MR) is 74.7 cm³/mol. The largest absolute Gasteiger partial charge is 0.295 e. The molecule has 1 aromatic heterocycles. The minimum atomic E-state index is 0.508. The fourth-order valence-corrected chi connectivity index (χ4v) is 3.10. The maximum absolute atomic E-state index is 5.98. The van der Waals surface area contributed by atoms with Gasteiger partial charge in [-0.1, -0.05) is 25.4 Å². The highest BCUT2D eigenvalue weighted by Crippen LogP contribution is 2.37. The zero-order chi connectivity index (χ0) is 13.2. The number of aryl methyl sites for hydroxylation is 1. The Kier molecular flexibility index (Phi) is 4.23. The average molecular weight is 268 g/mol. The SMILES string of the molecule is CCC1(CC)CCN(Cc2nc(C)cc(Cl)n2)C1. The Morgan fingerprint density at radius 1 is 1.33 bits per heavy atom. The minimum Gasteiger partial charge on any atom is -0.295 e. The highest BCUT2D eigenvalue weighted by Gasteiger charge is 2.34. The highest BCUT2D eigenvalue weighted by molar-refractivity contribution is 6.29. The first-order chi connectivity index (χ1) is 8.57. The lowest BCUT2D eigenvalue weighted by atomic mass is 9.82. The number of likely N-dealkylation sites (tertiary alicyclic amines) is 1. The quantitative estimate of drug-likeness (QED) is 0.783. The molecule has 0 aliphatic carbocycles. The monoisotopic (exact) mass is 267 g/mol. The summed E-state index contributed by atoms with van der Waals surface area (Å²) >= 11 is 5.98. The highest BCUT2D eigenvalue weighted by atomic mass is 35.5. The van der Waals surface area contributed by atoms with Crippen molar-refractivity contribution in [1.82, 2.24) is 14.9 Å². The molecule has 4 heteroatoms. The van der Waals surface area contributed by atoms with Crippen molar-refractivity contribution in [3.05, 3.63) is 22.7 Å². The number of halogens is 1. The molecular weight excluding hydrogens is 246 g/mol. The Bertz CT molecular complexity index is 395. The second kappa shape index (κ2) is 5.54. The third-order valence-corrected chi connectivity index (χ3v) is 4.45. The molecule has 0 spiro atoms. The first-order valence-corrected chi connectivity index (χ1v) is 7.17. The molecule has 1 saturated heterocycles. The second-order valence-corrected chi connectivity index (χ2v) is 5.80. The van der Waals surface area contributed by atoms with Crippen molar-refractivity contribution in [3.8, 4) is 0 Å². The van der Waals surface area contributed by atoms with Crippen molar-refractivity contribution in [1.29, 1.82) is 0 Å². The van der Waals surface area contributed by atoms with Crippen molar-refractivity contribution in [2.45, 2.75) is 46.6 Å². The number of nitrogens with zero attached hydrogens (tertiary/aromatic N) is 3. The van der Waals surface area contributed by atoms with E-state index >= 15 is 0 Å². The van der Waals surface area contributed by atoms with Crippen LogP contribution in [0.1, 0.15) is 44.6 Å². The van der Waals surface area contributed by atoms with Gasteiger partial charge in [0.1, 0.15) is 11.0 Å². The predicted octanol–water partition coefficient (Wildman–Crippen LogP) is 3.45. The van der Waals surface area contributed by atoms with Gasteiger partial charge < -0.3 is 0 Å². The molecule has 18 heavy (non-hydrogen) atoms. The van der Waals surface area contributed by atoms with Crippen LogP contribution >= 0.6 is 11.6 Å². The van der Waals surface area contributed by atoms with E-state index in [-0.39, 0.29) is 0 Å². The summed E-state index contributed by atoms with van der Waals surface area (Å²) in [4.78, 5) is 11.2. The Morgan fingerprint density at radius 2 is 2.06 bits per heavy atom. The van der Waals surface area contributed by atoms with Crippen molar-refractivity contribution in [2.75, 3.05) is 13.1 Å². The molecule has 0 radical (unpaired) electrons. The molecule has 1 aliphatic heterocycles. The van der Waals surface area contributed by atoms with Crippen LogP contribution in [0.25, 0.3) is 0 Å². The van der Waals surface area contributed by atoms with Gasteiger partial charge in [-0.3, -0.25) is 4.90 Å². The van der Waals surface area contributed by atoms with E-state index in [1.165, 1.54) is 19.3 Å². The van der Waals surface area contributed by atoms with Gasteiger partial charge in [-0.2, -0.15) is 0 Å². The van der Waals surface area contributed by atoms with Crippen LogP contribution in [-0.4, -0.2) is 28.0 Å². The van der Waals surface area contributed by atoms with Gasteiger partial charge in [0.2, 0.25) is 0 Å². The van der Waals surface area contributed by atoms with Crippen LogP contribution in [0, 0.1) is 12.3 Å². The summed E-state index contributed by atoms with van der Waals surface area (Å²) in [7, 11) is 0. The van der Waals surface area contributed by atoms with Gasteiger partial charge in [0, 0.05) is 12.2 Å². The van der Waals surface area contributed by atoms with Crippen LogP contribution in [0.3, 0.4) is 0 Å². The molecule has 0 unspecified atom stereocenters. The summed E-state index contributed by atoms with van der Waals surface area (Å²) < 4.78 is 0. The lowest BCUT2D eigenvalue weighted by molar-refractivity contribution is 0.233. The van der Waals surface area contributed by atoms with Crippen molar-refractivity contribution in [3.63, 3.8) is 0 Å². The van der Waals surface area contributed by atoms with Crippen molar-refractivity contribution >= 4 is 11.6 Å². The molecule has 0 bridgehead atoms.